The number of anilines is 1. The molecule has 0 radical (unpaired) electrons. The number of nitrogens with one attached hydrogen (secondary N) is 3. The number of hydrogen-bond acceptors (Lipinski definition) is 7. The first-order valence-corrected chi connectivity index (χ1v) is 7.20. The average Bonchev–Trinajstić information content (AvgIpc) is 2.47. The van der Waals surface area contributed by atoms with Crippen molar-refractivity contribution in [1.29, 1.82) is 0 Å². The Morgan fingerprint density at radius 2 is 2.33 bits per heavy atom. The standard InChI is InChI=1S/C12H15N5O3S/c1-20-7-4-3-6(5-14-7)15-10-8(9(13)18)11(19)17-12(16-10)21-2/h3-5,7,14H,1-2H3,(H2,13,18)(H2,15,16,17,19). The minimum absolute atomic E-state index is 0.115. The predicted molar refractivity (Wildman–Crippen MR) is 79.9 cm³/mol. The lowest BCUT2D eigenvalue weighted by molar-refractivity contribution is 0.0999. The van der Waals surface area contributed by atoms with Crippen LogP contribution < -0.4 is 21.9 Å². The summed E-state index contributed by atoms with van der Waals surface area (Å²) < 4.78 is 5.09. The fourth-order valence-corrected chi connectivity index (χ4v) is 2.07. The lowest BCUT2D eigenvalue weighted by Gasteiger charge is -2.18. The maximum atomic E-state index is 11.9. The number of carbonyl (C=O) groups excluding carboxylic acids is 1. The second kappa shape index (κ2) is 6.46. The number of methoxy groups -OCH3 is 1. The van der Waals surface area contributed by atoms with Gasteiger partial charge in [0.2, 0.25) is 0 Å². The Hall–Kier alpha value is -2.26. The van der Waals surface area contributed by atoms with E-state index < -0.39 is 11.5 Å². The Morgan fingerprint density at radius 3 is 2.86 bits per heavy atom. The third kappa shape index (κ3) is 3.44. The quantitative estimate of drug-likeness (QED) is 0.445. The lowest BCUT2D eigenvalue weighted by Crippen LogP contribution is -2.29. The van der Waals surface area contributed by atoms with Gasteiger partial charge in [-0.3, -0.25) is 9.59 Å². The summed E-state index contributed by atoms with van der Waals surface area (Å²) in [6.45, 7) is 0. The molecular weight excluding hydrogens is 294 g/mol. The molecule has 1 atom stereocenters. The van der Waals surface area contributed by atoms with E-state index in [4.69, 9.17) is 10.5 Å². The van der Waals surface area contributed by atoms with Crippen molar-refractivity contribution in [2.24, 2.45) is 5.73 Å². The van der Waals surface area contributed by atoms with Crippen molar-refractivity contribution >= 4 is 23.5 Å². The number of rotatable bonds is 5. The molecule has 5 N–H and O–H groups in total. The summed E-state index contributed by atoms with van der Waals surface area (Å²) in [5.41, 5.74) is 5.07. The molecule has 0 saturated carbocycles. The first-order valence-electron chi connectivity index (χ1n) is 5.97. The minimum atomic E-state index is -0.845. The van der Waals surface area contributed by atoms with E-state index in [0.717, 1.165) is 0 Å². The fraction of sp³-hybridized carbons (Fsp3) is 0.250. The van der Waals surface area contributed by atoms with E-state index in [1.54, 1.807) is 31.7 Å². The average molecular weight is 309 g/mol. The van der Waals surface area contributed by atoms with Crippen LogP contribution in [0.2, 0.25) is 0 Å². The highest BCUT2D eigenvalue weighted by molar-refractivity contribution is 7.98. The van der Waals surface area contributed by atoms with Crippen molar-refractivity contribution in [1.82, 2.24) is 15.3 Å². The molecule has 2 rings (SSSR count). The highest BCUT2D eigenvalue weighted by atomic mass is 32.2. The molecule has 1 aliphatic rings. The van der Waals surface area contributed by atoms with Crippen LogP contribution in [0.3, 0.4) is 0 Å². The van der Waals surface area contributed by atoms with Crippen LogP contribution in [-0.4, -0.2) is 35.5 Å². The number of nitrogens with zero attached hydrogens (tertiary/aromatic N) is 1. The number of H-pyrrole nitrogens is 1. The van der Waals surface area contributed by atoms with Gasteiger partial charge < -0.3 is 26.1 Å². The van der Waals surface area contributed by atoms with Crippen LogP contribution >= 0.6 is 11.8 Å². The summed E-state index contributed by atoms with van der Waals surface area (Å²) in [7, 11) is 1.57. The van der Waals surface area contributed by atoms with Gasteiger partial charge in [0.1, 0.15) is 11.8 Å². The zero-order valence-electron chi connectivity index (χ0n) is 11.5. The number of allylic oxidation sites excluding steroid dienone is 1. The third-order valence-corrected chi connectivity index (χ3v) is 3.29. The molecule has 9 heteroatoms. The predicted octanol–water partition coefficient (Wildman–Crippen LogP) is -0.0241. The van der Waals surface area contributed by atoms with Gasteiger partial charge in [0, 0.05) is 13.3 Å². The molecule has 0 saturated heterocycles. The Balaban J connectivity index is 2.33. The lowest BCUT2D eigenvalue weighted by atomic mass is 10.2. The zero-order chi connectivity index (χ0) is 15.4. The number of hydrogen-bond donors (Lipinski definition) is 4. The van der Waals surface area contributed by atoms with Gasteiger partial charge in [0.25, 0.3) is 11.5 Å². The highest BCUT2D eigenvalue weighted by Gasteiger charge is 2.17. The van der Waals surface area contributed by atoms with E-state index >= 15 is 0 Å². The highest BCUT2D eigenvalue weighted by Crippen LogP contribution is 2.16. The number of ether oxygens (including phenoxy) is 1. The van der Waals surface area contributed by atoms with E-state index in [0.29, 0.717) is 10.9 Å². The van der Waals surface area contributed by atoms with Gasteiger partial charge in [-0.2, -0.15) is 0 Å². The zero-order valence-corrected chi connectivity index (χ0v) is 12.3. The molecule has 1 aromatic rings. The second-order valence-corrected chi connectivity index (χ2v) is 4.86. The molecule has 112 valence electrons. The molecule has 1 aliphatic heterocycles. The fourth-order valence-electron chi connectivity index (χ4n) is 1.70. The van der Waals surface area contributed by atoms with Gasteiger partial charge in [0.15, 0.2) is 11.0 Å². The first-order chi connectivity index (χ1) is 10.0. The number of aromatic nitrogens is 2. The number of primary amides is 1. The van der Waals surface area contributed by atoms with Crippen LogP contribution in [0.25, 0.3) is 0 Å². The molecule has 1 aromatic heterocycles. The number of amides is 1. The second-order valence-electron chi connectivity index (χ2n) is 4.07. The van der Waals surface area contributed by atoms with Gasteiger partial charge >= 0.3 is 0 Å². The Morgan fingerprint density at radius 1 is 1.57 bits per heavy atom. The van der Waals surface area contributed by atoms with Crippen LogP contribution in [0.4, 0.5) is 5.82 Å². The Bertz CT molecular complexity index is 667. The Kier molecular flexibility index (Phi) is 4.66. The molecule has 0 bridgehead atoms. The Labute approximate surface area is 124 Å². The summed E-state index contributed by atoms with van der Waals surface area (Å²) >= 11 is 1.25. The molecule has 0 fully saturated rings. The monoisotopic (exact) mass is 309 g/mol. The number of nitrogens with two attached hydrogens (primary N) is 1. The summed E-state index contributed by atoms with van der Waals surface area (Å²) in [6.07, 6.45) is 6.71. The van der Waals surface area contributed by atoms with Crippen LogP contribution in [0.1, 0.15) is 10.4 Å². The molecule has 1 amide bonds. The van der Waals surface area contributed by atoms with Crippen molar-refractivity contribution in [2.75, 3.05) is 18.7 Å². The molecule has 1 unspecified atom stereocenters. The number of thioether (sulfide) groups is 1. The number of aromatic amines is 1. The van der Waals surface area contributed by atoms with Crippen LogP contribution in [-0.2, 0) is 4.74 Å². The van der Waals surface area contributed by atoms with E-state index in [1.807, 2.05) is 0 Å². The molecule has 21 heavy (non-hydrogen) atoms. The van der Waals surface area contributed by atoms with E-state index in [9.17, 15) is 9.59 Å². The van der Waals surface area contributed by atoms with Crippen molar-refractivity contribution in [2.45, 2.75) is 11.4 Å². The molecule has 0 spiro atoms. The number of carbonyl (C=O) groups is 1. The molecule has 0 aromatic carbocycles. The van der Waals surface area contributed by atoms with Gasteiger partial charge in [-0.25, -0.2) is 4.98 Å². The van der Waals surface area contributed by atoms with E-state index in [2.05, 4.69) is 20.6 Å². The molecule has 0 aliphatic carbocycles. The summed E-state index contributed by atoms with van der Waals surface area (Å²) in [5.74, 6) is -0.730. The van der Waals surface area contributed by atoms with Crippen molar-refractivity contribution in [3.05, 3.63) is 40.0 Å². The summed E-state index contributed by atoms with van der Waals surface area (Å²) in [6, 6.07) is 0. The third-order valence-electron chi connectivity index (χ3n) is 2.71. The topological polar surface area (TPSA) is 122 Å². The minimum Gasteiger partial charge on any atom is -0.365 e. The van der Waals surface area contributed by atoms with Gasteiger partial charge in [-0.05, 0) is 18.4 Å². The number of dihydropyridines is 1. The van der Waals surface area contributed by atoms with Crippen LogP contribution in [0.5, 0.6) is 0 Å². The first kappa shape index (κ1) is 15.1. The van der Waals surface area contributed by atoms with Gasteiger partial charge in [0.05, 0.1) is 5.70 Å². The largest absolute Gasteiger partial charge is 0.365 e. The SMILES string of the molecule is COC1C=CC(Nc2nc(SC)[nH]c(=O)c2C(N)=O)=CN1. The van der Waals surface area contributed by atoms with E-state index in [1.165, 1.54) is 11.8 Å². The van der Waals surface area contributed by atoms with Gasteiger partial charge in [-0.15, -0.1) is 0 Å². The maximum Gasteiger partial charge on any atom is 0.266 e. The normalized spacial score (nSPS) is 17.0. The van der Waals surface area contributed by atoms with Crippen molar-refractivity contribution < 1.29 is 9.53 Å². The molecule has 2 heterocycles. The molecule has 8 nitrogen and oxygen atoms in total. The van der Waals surface area contributed by atoms with E-state index in [-0.39, 0.29) is 17.6 Å². The summed E-state index contributed by atoms with van der Waals surface area (Å²) in [5, 5.41) is 6.25. The molecular formula is C12H15N5O3S. The summed E-state index contributed by atoms with van der Waals surface area (Å²) in [4.78, 5) is 30.0. The van der Waals surface area contributed by atoms with Crippen molar-refractivity contribution in [3.63, 3.8) is 0 Å². The smallest absolute Gasteiger partial charge is 0.266 e. The van der Waals surface area contributed by atoms with Crippen LogP contribution in [0.15, 0.2) is 34.0 Å². The van der Waals surface area contributed by atoms with Crippen LogP contribution in [0, 0.1) is 0 Å². The van der Waals surface area contributed by atoms with Crippen molar-refractivity contribution in [3.8, 4) is 0 Å². The maximum absolute atomic E-state index is 11.9. The van der Waals surface area contributed by atoms with Gasteiger partial charge in [-0.1, -0.05) is 11.8 Å².